The molecule has 1 aromatic carbocycles. The summed E-state index contributed by atoms with van der Waals surface area (Å²) in [4.78, 5) is 15.3. The quantitative estimate of drug-likeness (QED) is 0.355. The lowest BCUT2D eigenvalue weighted by Gasteiger charge is -2.30. The van der Waals surface area contributed by atoms with Gasteiger partial charge < -0.3 is 19.5 Å². The summed E-state index contributed by atoms with van der Waals surface area (Å²) in [5, 5.41) is 4.39. The molecule has 4 aromatic rings. The van der Waals surface area contributed by atoms with Crippen LogP contribution in [0.3, 0.4) is 0 Å². The number of hydrogen-bond donors (Lipinski definition) is 1. The molecular weight excluding hydrogens is 474 g/mol. The maximum Gasteiger partial charge on any atom is 0.229 e. The fraction of sp³-hybridized carbons (Fsp3) is 0.393. The Morgan fingerprint density at radius 1 is 1.03 bits per heavy atom. The number of rotatable bonds is 7. The van der Waals surface area contributed by atoms with E-state index in [1.165, 1.54) is 6.07 Å². The van der Waals surface area contributed by atoms with Crippen LogP contribution in [0.5, 0.6) is 5.75 Å². The predicted octanol–water partition coefficient (Wildman–Crippen LogP) is 5.57. The number of hydrogen-bond acceptors (Lipinski definition) is 6. The molecule has 0 radical (unpaired) electrons. The molecule has 0 unspecified atom stereocenters. The summed E-state index contributed by atoms with van der Waals surface area (Å²) in [7, 11) is 0. The van der Waals surface area contributed by atoms with Gasteiger partial charge in [-0.15, -0.1) is 0 Å². The SMILES string of the molecule is CCN1CCC(COc2ccc(Nc3ncc(F)c(-c4cc(F)c5cn6c(c5c4)CCC6)n3)nc2)CC1. The Balaban J connectivity index is 1.15. The number of halogens is 2. The number of anilines is 2. The molecule has 0 amide bonds. The standard InChI is InChI=1S/C28H30F2N6O/c1-2-35-10-7-18(8-11-35)17-37-20-5-6-26(31-14-20)33-28-32-15-24(30)27(34-28)19-12-21-22(23(29)13-19)16-36-9-3-4-25(21)36/h5-6,12-16,18H,2-4,7-11,17H2,1H3,(H,31,32,33,34). The number of nitrogens with zero attached hydrogens (tertiary/aromatic N) is 5. The molecule has 1 fully saturated rings. The molecular formula is C28H30F2N6O. The van der Waals surface area contributed by atoms with Gasteiger partial charge in [0.2, 0.25) is 5.95 Å². The number of fused-ring (bicyclic) bond motifs is 3. The number of nitrogens with one attached hydrogen (secondary N) is 1. The highest BCUT2D eigenvalue weighted by Gasteiger charge is 2.21. The Hall–Kier alpha value is -3.59. The van der Waals surface area contributed by atoms with E-state index in [2.05, 4.69) is 36.7 Å². The molecule has 37 heavy (non-hydrogen) atoms. The minimum atomic E-state index is -0.610. The Morgan fingerprint density at radius 3 is 2.68 bits per heavy atom. The second-order valence-corrected chi connectivity index (χ2v) is 9.87. The van der Waals surface area contributed by atoms with Crippen molar-refractivity contribution in [3.05, 3.63) is 60.2 Å². The molecule has 2 aliphatic heterocycles. The highest BCUT2D eigenvalue weighted by molar-refractivity contribution is 5.90. The van der Waals surface area contributed by atoms with Crippen molar-refractivity contribution in [3.63, 3.8) is 0 Å². The van der Waals surface area contributed by atoms with Crippen molar-refractivity contribution in [1.29, 1.82) is 0 Å². The normalized spacial score (nSPS) is 16.3. The van der Waals surface area contributed by atoms with E-state index in [9.17, 15) is 8.78 Å². The lowest BCUT2D eigenvalue weighted by molar-refractivity contribution is 0.145. The number of pyridine rings is 1. The molecule has 0 spiro atoms. The largest absolute Gasteiger partial charge is 0.492 e. The average molecular weight is 505 g/mol. The monoisotopic (exact) mass is 504 g/mol. The van der Waals surface area contributed by atoms with E-state index >= 15 is 0 Å². The van der Waals surface area contributed by atoms with E-state index in [4.69, 9.17) is 4.74 Å². The third-order valence-electron chi connectivity index (χ3n) is 7.52. The van der Waals surface area contributed by atoms with Crippen molar-refractivity contribution in [2.75, 3.05) is 31.6 Å². The van der Waals surface area contributed by atoms with Crippen LogP contribution in [0, 0.1) is 17.6 Å². The van der Waals surface area contributed by atoms with Crippen molar-refractivity contribution >= 4 is 22.5 Å². The van der Waals surface area contributed by atoms with E-state index in [1.807, 2.05) is 18.3 Å². The highest BCUT2D eigenvalue weighted by atomic mass is 19.1. The van der Waals surface area contributed by atoms with Crippen LogP contribution in [-0.2, 0) is 13.0 Å². The lowest BCUT2D eigenvalue weighted by atomic mass is 9.98. The van der Waals surface area contributed by atoms with Crippen LogP contribution in [0.25, 0.3) is 22.0 Å². The van der Waals surface area contributed by atoms with Crippen LogP contribution in [0.4, 0.5) is 20.5 Å². The zero-order valence-corrected chi connectivity index (χ0v) is 20.9. The lowest BCUT2D eigenvalue weighted by Crippen LogP contribution is -2.35. The number of piperidine rings is 1. The number of ether oxygens (including phenoxy) is 1. The smallest absolute Gasteiger partial charge is 0.229 e. The number of aryl methyl sites for hydroxylation is 2. The zero-order valence-electron chi connectivity index (χ0n) is 20.9. The molecule has 5 heterocycles. The maximum absolute atomic E-state index is 14.9. The van der Waals surface area contributed by atoms with Crippen LogP contribution < -0.4 is 10.1 Å². The molecule has 9 heteroatoms. The molecule has 0 atom stereocenters. The average Bonchev–Trinajstić information content (AvgIpc) is 3.52. The molecule has 7 nitrogen and oxygen atoms in total. The first-order chi connectivity index (χ1) is 18.1. The van der Waals surface area contributed by atoms with Crippen molar-refractivity contribution in [2.24, 2.45) is 5.92 Å². The molecule has 3 aromatic heterocycles. The van der Waals surface area contributed by atoms with E-state index in [0.29, 0.717) is 35.0 Å². The van der Waals surface area contributed by atoms with Gasteiger partial charge in [0.05, 0.1) is 19.0 Å². The molecule has 2 aliphatic rings. The van der Waals surface area contributed by atoms with Crippen molar-refractivity contribution < 1.29 is 13.5 Å². The zero-order chi connectivity index (χ0) is 25.4. The van der Waals surface area contributed by atoms with Gasteiger partial charge >= 0.3 is 0 Å². The summed E-state index contributed by atoms with van der Waals surface area (Å²) in [6.07, 6.45) is 8.80. The molecule has 192 valence electrons. The third-order valence-corrected chi connectivity index (χ3v) is 7.52. The van der Waals surface area contributed by atoms with Gasteiger partial charge in [-0.05, 0) is 75.5 Å². The number of benzene rings is 1. The van der Waals surface area contributed by atoms with Gasteiger partial charge in [0.15, 0.2) is 5.82 Å². The van der Waals surface area contributed by atoms with Gasteiger partial charge in [-0.25, -0.2) is 23.7 Å². The maximum atomic E-state index is 14.9. The Bertz CT molecular complexity index is 1410. The van der Waals surface area contributed by atoms with Gasteiger partial charge in [-0.1, -0.05) is 6.92 Å². The molecule has 0 aliphatic carbocycles. The topological polar surface area (TPSA) is 68.1 Å². The van der Waals surface area contributed by atoms with E-state index < -0.39 is 5.82 Å². The fourth-order valence-corrected chi connectivity index (χ4v) is 5.38. The Kier molecular flexibility index (Phi) is 6.46. The summed E-state index contributed by atoms with van der Waals surface area (Å²) >= 11 is 0. The van der Waals surface area contributed by atoms with Crippen LogP contribution in [0.1, 0.15) is 31.9 Å². The fourth-order valence-electron chi connectivity index (χ4n) is 5.38. The summed E-state index contributed by atoms with van der Waals surface area (Å²) < 4.78 is 37.7. The Labute approximate surface area is 214 Å². The van der Waals surface area contributed by atoms with Crippen molar-refractivity contribution in [2.45, 2.75) is 39.2 Å². The second kappa shape index (κ2) is 10.0. The summed E-state index contributed by atoms with van der Waals surface area (Å²) in [6.45, 7) is 7.11. The predicted molar refractivity (Wildman–Crippen MR) is 139 cm³/mol. The van der Waals surface area contributed by atoms with Crippen LogP contribution >= 0.6 is 0 Å². The van der Waals surface area contributed by atoms with Gasteiger partial charge in [0.1, 0.15) is 23.1 Å². The number of aromatic nitrogens is 4. The minimum Gasteiger partial charge on any atom is -0.492 e. The van der Waals surface area contributed by atoms with E-state index in [0.717, 1.165) is 69.1 Å². The van der Waals surface area contributed by atoms with Crippen LogP contribution in [0.2, 0.25) is 0 Å². The van der Waals surface area contributed by atoms with E-state index in [-0.39, 0.29) is 17.5 Å². The molecule has 1 saturated heterocycles. The highest BCUT2D eigenvalue weighted by Crippen LogP contribution is 2.34. The third kappa shape index (κ3) is 4.87. The van der Waals surface area contributed by atoms with Crippen molar-refractivity contribution in [3.8, 4) is 17.0 Å². The summed E-state index contributed by atoms with van der Waals surface area (Å²) in [5.74, 6) is 0.962. The van der Waals surface area contributed by atoms with Gasteiger partial charge in [0.25, 0.3) is 0 Å². The molecule has 0 bridgehead atoms. The first-order valence-electron chi connectivity index (χ1n) is 13.0. The summed E-state index contributed by atoms with van der Waals surface area (Å²) in [5.41, 5.74) is 1.52. The van der Waals surface area contributed by atoms with Crippen LogP contribution in [0.15, 0.2) is 42.9 Å². The summed E-state index contributed by atoms with van der Waals surface area (Å²) in [6, 6.07) is 6.78. The first kappa shape index (κ1) is 23.8. The molecule has 0 saturated carbocycles. The second-order valence-electron chi connectivity index (χ2n) is 9.87. The van der Waals surface area contributed by atoms with Gasteiger partial charge in [0, 0.05) is 34.8 Å². The van der Waals surface area contributed by atoms with Gasteiger partial charge in [-0.2, -0.15) is 0 Å². The number of likely N-dealkylation sites (tertiary alicyclic amines) is 1. The van der Waals surface area contributed by atoms with Crippen molar-refractivity contribution in [1.82, 2.24) is 24.4 Å². The Morgan fingerprint density at radius 2 is 1.89 bits per heavy atom. The molecule has 6 rings (SSSR count). The first-order valence-corrected chi connectivity index (χ1v) is 13.0. The van der Waals surface area contributed by atoms with E-state index in [1.54, 1.807) is 12.3 Å². The van der Waals surface area contributed by atoms with Gasteiger partial charge in [-0.3, -0.25) is 0 Å². The minimum absolute atomic E-state index is 0.0466. The van der Waals surface area contributed by atoms with Crippen LogP contribution in [-0.4, -0.2) is 50.7 Å². The molecule has 1 N–H and O–H groups in total.